The Bertz CT molecular complexity index is 1590. The summed E-state index contributed by atoms with van der Waals surface area (Å²) in [6, 6.07) is -0.831. The number of hydrogen-bond acceptors (Lipinski definition) is 13. The van der Waals surface area contributed by atoms with Crippen LogP contribution in [0.2, 0.25) is 0 Å². The fraction of sp³-hybridized carbons (Fsp3) is 0.871. The zero-order valence-electron chi connectivity index (χ0n) is 53.4. The van der Waals surface area contributed by atoms with Crippen LogP contribution in [0.5, 0.6) is 0 Å². The van der Waals surface area contributed by atoms with E-state index in [0.717, 1.165) is 77.0 Å². The molecule has 2 aliphatic rings. The molecule has 12 atom stereocenters. The van der Waals surface area contributed by atoms with Crippen LogP contribution in [0.4, 0.5) is 0 Å². The van der Waals surface area contributed by atoms with E-state index in [1.807, 2.05) is 0 Å². The maximum Gasteiger partial charge on any atom is 0.220 e. The molecule has 0 radical (unpaired) electrons. The summed E-state index contributed by atoms with van der Waals surface area (Å²) in [4.78, 5) is 13.4. The summed E-state index contributed by atoms with van der Waals surface area (Å²) in [5.74, 6) is -0.204. The van der Waals surface area contributed by atoms with Crippen molar-refractivity contribution in [2.75, 3.05) is 19.8 Å². The number of aliphatic hydroxyl groups excluding tert-OH is 8. The lowest BCUT2D eigenvalue weighted by Crippen LogP contribution is -2.65. The van der Waals surface area contributed by atoms with Crippen LogP contribution < -0.4 is 5.32 Å². The first kappa shape index (κ1) is 78.0. The van der Waals surface area contributed by atoms with Crippen LogP contribution in [-0.4, -0.2) is 140 Å². The van der Waals surface area contributed by atoms with Gasteiger partial charge in [0.2, 0.25) is 5.91 Å². The van der Waals surface area contributed by atoms with Gasteiger partial charge in [-0.3, -0.25) is 4.79 Å². The van der Waals surface area contributed by atoms with Gasteiger partial charge in [0.05, 0.1) is 32.0 Å². The van der Waals surface area contributed by atoms with Gasteiger partial charge in [0.25, 0.3) is 0 Å². The van der Waals surface area contributed by atoms with Gasteiger partial charge in [0, 0.05) is 6.42 Å². The summed E-state index contributed by atoms with van der Waals surface area (Å²) in [6.45, 7) is 2.79. The lowest BCUT2D eigenvalue weighted by Gasteiger charge is -2.46. The lowest BCUT2D eigenvalue weighted by atomic mass is 9.97. The smallest absolute Gasteiger partial charge is 0.220 e. The van der Waals surface area contributed by atoms with Gasteiger partial charge in [-0.25, -0.2) is 0 Å². The van der Waals surface area contributed by atoms with Crippen molar-refractivity contribution in [3.63, 3.8) is 0 Å². The molecule has 492 valence electrons. The summed E-state index contributed by atoms with van der Waals surface area (Å²) in [6.07, 6.45) is 54.0. The summed E-state index contributed by atoms with van der Waals surface area (Å²) in [5.41, 5.74) is 0. The van der Waals surface area contributed by atoms with Crippen molar-refractivity contribution in [1.29, 1.82) is 0 Å². The fourth-order valence-corrected chi connectivity index (χ4v) is 11.5. The van der Waals surface area contributed by atoms with Gasteiger partial charge in [0.1, 0.15) is 48.8 Å². The van der Waals surface area contributed by atoms with E-state index >= 15 is 0 Å². The molecule has 2 aliphatic heterocycles. The van der Waals surface area contributed by atoms with Crippen molar-refractivity contribution in [2.24, 2.45) is 0 Å². The Hall–Kier alpha value is -2.05. The third kappa shape index (κ3) is 39.1. The van der Waals surface area contributed by atoms with E-state index in [1.54, 1.807) is 0 Å². The Morgan fingerprint density at radius 1 is 0.440 bits per heavy atom. The third-order valence-electron chi connectivity index (χ3n) is 17.1. The van der Waals surface area contributed by atoms with Gasteiger partial charge in [0.15, 0.2) is 12.6 Å². The fourth-order valence-electron chi connectivity index (χ4n) is 11.5. The van der Waals surface area contributed by atoms with Crippen LogP contribution in [0.25, 0.3) is 0 Å². The second-order valence-electron chi connectivity index (χ2n) is 24.6. The highest BCUT2D eigenvalue weighted by atomic mass is 16.7. The number of rotatable bonds is 57. The van der Waals surface area contributed by atoms with Gasteiger partial charge < -0.3 is 65.1 Å². The first-order chi connectivity index (χ1) is 41.1. The predicted molar refractivity (Wildman–Crippen MR) is 341 cm³/mol. The maximum atomic E-state index is 13.4. The van der Waals surface area contributed by atoms with Gasteiger partial charge in [-0.2, -0.15) is 0 Å². The monoisotopic (exact) mass is 1190 g/mol. The number of hydrogen-bond donors (Lipinski definition) is 9. The quantitative estimate of drug-likeness (QED) is 0.0204. The van der Waals surface area contributed by atoms with E-state index in [2.05, 4.69) is 67.8 Å². The van der Waals surface area contributed by atoms with E-state index in [1.165, 1.54) is 193 Å². The second kappa shape index (κ2) is 55.1. The van der Waals surface area contributed by atoms with Gasteiger partial charge in [-0.1, -0.05) is 287 Å². The maximum absolute atomic E-state index is 13.4. The molecule has 14 nitrogen and oxygen atoms in total. The van der Waals surface area contributed by atoms with E-state index in [0.29, 0.717) is 12.8 Å². The largest absolute Gasteiger partial charge is 0.394 e. The molecule has 12 unspecified atom stereocenters. The number of allylic oxidation sites excluding steroid dienone is 8. The van der Waals surface area contributed by atoms with Gasteiger partial charge in [-0.05, 0) is 51.4 Å². The van der Waals surface area contributed by atoms with Gasteiger partial charge >= 0.3 is 0 Å². The first-order valence-corrected chi connectivity index (χ1v) is 34.9. The summed E-state index contributed by atoms with van der Waals surface area (Å²) in [5, 5.41) is 87.6. The molecule has 2 fully saturated rings. The lowest BCUT2D eigenvalue weighted by molar-refractivity contribution is -0.359. The Morgan fingerprint density at radius 2 is 0.821 bits per heavy atom. The average Bonchev–Trinajstić information content (AvgIpc) is 3.62. The number of ether oxygens (including phenoxy) is 4. The molecule has 0 aromatic heterocycles. The molecule has 2 heterocycles. The van der Waals surface area contributed by atoms with Crippen LogP contribution in [0, 0.1) is 0 Å². The molecule has 0 aromatic rings. The number of unbranched alkanes of at least 4 members (excludes halogenated alkanes) is 36. The molecule has 2 rings (SSSR count). The third-order valence-corrected chi connectivity index (χ3v) is 17.1. The van der Waals surface area contributed by atoms with Crippen molar-refractivity contribution < 1.29 is 64.6 Å². The Morgan fingerprint density at radius 3 is 1.26 bits per heavy atom. The second-order valence-corrected chi connectivity index (χ2v) is 24.6. The Labute approximate surface area is 512 Å². The molecule has 14 heteroatoms. The zero-order valence-corrected chi connectivity index (χ0v) is 53.4. The molecule has 9 N–H and O–H groups in total. The SMILES string of the molecule is CC/C=C\C/C=C\C/C=C\C/C=C\CCCCCCCCCCCCCCCCC(=O)NC(COC1OC(CO)C(OC2OC(CO)C(O)C(O)C2O)C(O)C1O)C(O)CCCCCCCCCCCCCCCCCCCCCCCCC. The first-order valence-electron chi connectivity index (χ1n) is 34.9. The Kier molecular flexibility index (Phi) is 51.1. The Balaban J connectivity index is 1.67. The predicted octanol–water partition coefficient (Wildman–Crippen LogP) is 13.9. The zero-order chi connectivity index (χ0) is 60.9. The molecular weight excluding hydrogens is 1060 g/mol. The summed E-state index contributed by atoms with van der Waals surface area (Å²) < 4.78 is 22.9. The summed E-state index contributed by atoms with van der Waals surface area (Å²) in [7, 11) is 0. The van der Waals surface area contributed by atoms with E-state index in [9.17, 15) is 45.6 Å². The van der Waals surface area contributed by atoms with Crippen molar-refractivity contribution in [2.45, 2.75) is 370 Å². The molecule has 0 aromatic carbocycles. The molecule has 84 heavy (non-hydrogen) atoms. The number of amides is 1. The van der Waals surface area contributed by atoms with Gasteiger partial charge in [-0.15, -0.1) is 0 Å². The number of carbonyl (C=O) groups excluding carboxylic acids is 1. The number of carbonyl (C=O) groups is 1. The minimum atomic E-state index is -1.78. The summed E-state index contributed by atoms with van der Waals surface area (Å²) >= 11 is 0. The topological polar surface area (TPSA) is 228 Å². The van der Waals surface area contributed by atoms with Crippen LogP contribution in [-0.2, 0) is 23.7 Å². The molecule has 1 amide bonds. The minimum absolute atomic E-state index is 0.204. The minimum Gasteiger partial charge on any atom is -0.394 e. The highest BCUT2D eigenvalue weighted by molar-refractivity contribution is 5.76. The van der Waals surface area contributed by atoms with Crippen molar-refractivity contribution in [1.82, 2.24) is 5.32 Å². The molecular formula is C70H129NO13. The highest BCUT2D eigenvalue weighted by Crippen LogP contribution is 2.30. The molecule has 0 spiro atoms. The van der Waals surface area contributed by atoms with Crippen LogP contribution >= 0.6 is 0 Å². The van der Waals surface area contributed by atoms with Crippen molar-refractivity contribution >= 4 is 5.91 Å². The van der Waals surface area contributed by atoms with Crippen molar-refractivity contribution in [3.05, 3.63) is 48.6 Å². The van der Waals surface area contributed by atoms with Crippen LogP contribution in [0.3, 0.4) is 0 Å². The standard InChI is InChI=1S/C70H129NO13/c1-3-5-7-9-11-13-15-17-19-21-23-25-27-28-29-30-32-34-36-38-40-42-44-46-48-50-52-54-62(75)71-58(57-81-69-67(80)65(78)68(61(56-73)83-69)84-70-66(79)64(77)63(76)60(55-72)82-70)59(74)53-51-49-47-45-43-41-39-37-35-33-31-26-24-22-20-18-16-14-12-10-8-6-4-2/h5,7,11,13,17,19,23,25,58-61,63-70,72-74,76-80H,3-4,6,8-10,12,14-16,18,20-22,24,26-57H2,1-2H3,(H,71,75)/b7-5-,13-11-,19-17-,25-23-. The number of nitrogens with one attached hydrogen (secondary N) is 1. The normalized spacial score (nSPS) is 23.9. The molecule has 0 aliphatic carbocycles. The van der Waals surface area contributed by atoms with Crippen LogP contribution in [0.15, 0.2) is 48.6 Å². The highest BCUT2D eigenvalue weighted by Gasteiger charge is 2.51. The van der Waals surface area contributed by atoms with E-state index in [4.69, 9.17) is 18.9 Å². The van der Waals surface area contributed by atoms with E-state index < -0.39 is 86.8 Å². The van der Waals surface area contributed by atoms with Crippen LogP contribution in [0.1, 0.15) is 296 Å². The van der Waals surface area contributed by atoms with Crippen molar-refractivity contribution in [3.8, 4) is 0 Å². The molecule has 0 saturated carbocycles. The van der Waals surface area contributed by atoms with E-state index in [-0.39, 0.29) is 12.5 Å². The molecule has 2 saturated heterocycles. The average molecular weight is 1190 g/mol. The number of aliphatic hydroxyl groups is 8. The molecule has 0 bridgehead atoms.